The van der Waals surface area contributed by atoms with Crippen molar-refractivity contribution >= 4 is 87.2 Å². The molecule has 0 saturated heterocycles. The second-order valence-electron chi connectivity index (χ2n) is 15.3. The molecule has 0 amide bonds. The Labute approximate surface area is 333 Å². The highest BCUT2D eigenvalue weighted by Crippen LogP contribution is 2.42. The Morgan fingerprint density at radius 1 is 0.207 bits per heavy atom. The Bertz CT molecular complexity index is 3700. The lowest BCUT2D eigenvalue weighted by Crippen LogP contribution is -1.99. The molecule has 0 unspecified atom stereocenters. The van der Waals surface area contributed by atoms with Crippen LogP contribution in [0.5, 0.6) is 0 Å². The largest absolute Gasteiger partial charge is 0.309 e. The summed E-state index contributed by atoms with van der Waals surface area (Å²) in [4.78, 5) is 0. The molecule has 58 heavy (non-hydrogen) atoms. The zero-order valence-electron chi connectivity index (χ0n) is 31.4. The van der Waals surface area contributed by atoms with Crippen molar-refractivity contribution in [2.45, 2.75) is 0 Å². The Morgan fingerprint density at radius 3 is 1.07 bits per heavy atom. The number of hydrogen-bond acceptors (Lipinski definition) is 0. The number of benzene rings is 9. The number of para-hydroxylation sites is 6. The van der Waals surface area contributed by atoms with Crippen LogP contribution >= 0.6 is 0 Å². The van der Waals surface area contributed by atoms with Crippen LogP contribution in [-0.2, 0) is 0 Å². The molecule has 13 aromatic rings. The molecule has 270 valence electrons. The minimum absolute atomic E-state index is 1.13. The molecule has 0 aliphatic heterocycles. The maximum Gasteiger partial charge on any atom is 0.0562 e. The number of fused-ring (bicyclic) bond motifs is 12. The third-order valence-corrected chi connectivity index (χ3v) is 12.3. The highest BCUT2D eigenvalue weighted by molar-refractivity contribution is 6.17. The summed E-state index contributed by atoms with van der Waals surface area (Å²) in [6, 6.07) is 75.4. The summed E-state index contributed by atoms with van der Waals surface area (Å²) in [6.07, 6.45) is 0. The van der Waals surface area contributed by atoms with Crippen molar-refractivity contribution in [1.29, 1.82) is 0 Å². The van der Waals surface area contributed by atoms with Gasteiger partial charge in [-0.2, -0.15) is 0 Å². The Morgan fingerprint density at radius 2 is 0.552 bits per heavy atom. The van der Waals surface area contributed by atoms with Gasteiger partial charge in [0, 0.05) is 60.2 Å². The molecule has 0 bridgehead atoms. The molecule has 9 aromatic carbocycles. The third kappa shape index (κ3) is 4.23. The van der Waals surface area contributed by atoms with Gasteiger partial charge in [-0.3, -0.25) is 0 Å². The summed E-state index contributed by atoms with van der Waals surface area (Å²) in [5, 5.41) is 9.99. The van der Waals surface area contributed by atoms with Crippen LogP contribution in [0.4, 0.5) is 0 Å². The van der Waals surface area contributed by atoms with Crippen molar-refractivity contribution in [2.75, 3.05) is 0 Å². The van der Waals surface area contributed by atoms with E-state index in [-0.39, 0.29) is 0 Å². The normalized spacial score (nSPS) is 12.1. The molecule has 0 atom stereocenters. The smallest absolute Gasteiger partial charge is 0.0562 e. The summed E-state index contributed by atoms with van der Waals surface area (Å²) in [7, 11) is 0. The first-order valence-corrected chi connectivity index (χ1v) is 20.0. The lowest BCUT2D eigenvalue weighted by atomic mass is 10.1. The van der Waals surface area contributed by atoms with Gasteiger partial charge in [0.1, 0.15) is 0 Å². The van der Waals surface area contributed by atoms with E-state index in [0.29, 0.717) is 0 Å². The Kier molecular flexibility index (Phi) is 6.41. The van der Waals surface area contributed by atoms with Crippen molar-refractivity contribution in [2.24, 2.45) is 0 Å². The summed E-state index contributed by atoms with van der Waals surface area (Å²) < 4.78 is 9.73. The molecule has 0 radical (unpaired) electrons. The molecular formula is C54H34N4. The lowest BCUT2D eigenvalue weighted by Gasteiger charge is -2.13. The van der Waals surface area contributed by atoms with E-state index in [9.17, 15) is 0 Å². The molecule has 0 N–H and O–H groups in total. The average Bonchev–Trinajstić information content (AvgIpc) is 4.01. The summed E-state index contributed by atoms with van der Waals surface area (Å²) in [6.45, 7) is 0. The number of aromatic nitrogens is 4. The second kappa shape index (κ2) is 11.8. The van der Waals surface area contributed by atoms with Crippen molar-refractivity contribution in [1.82, 2.24) is 18.3 Å². The molecule has 4 heteroatoms. The third-order valence-electron chi connectivity index (χ3n) is 12.3. The zero-order chi connectivity index (χ0) is 37.9. The molecule has 4 aromatic heterocycles. The molecular weight excluding hydrogens is 705 g/mol. The number of hydrogen-bond donors (Lipinski definition) is 0. The van der Waals surface area contributed by atoms with E-state index in [4.69, 9.17) is 0 Å². The minimum Gasteiger partial charge on any atom is -0.309 e. The van der Waals surface area contributed by atoms with Crippen LogP contribution in [0, 0.1) is 0 Å². The Balaban J connectivity index is 1.04. The maximum atomic E-state index is 2.45. The standard InChI is InChI=1S/C54H34N4/c1-7-23-45-38(17-1)39-18-2-8-24-46(39)55(45)35-15-13-16-36(33-35)56-47-25-9-5-21-42(47)44-34-37(31-32-51(44)56)57-50-28-12-6-22-43(50)54-52(57)29-14-30-53(54)58-48-26-10-3-19-40(48)41-20-4-11-27-49(41)58/h1-34H. The van der Waals surface area contributed by atoms with E-state index < -0.39 is 0 Å². The van der Waals surface area contributed by atoms with Gasteiger partial charge in [0.05, 0.1) is 49.8 Å². The molecule has 0 fully saturated rings. The van der Waals surface area contributed by atoms with Gasteiger partial charge in [0.25, 0.3) is 0 Å². The minimum atomic E-state index is 1.13. The zero-order valence-corrected chi connectivity index (χ0v) is 31.4. The van der Waals surface area contributed by atoms with Gasteiger partial charge >= 0.3 is 0 Å². The van der Waals surface area contributed by atoms with Crippen LogP contribution in [0.2, 0.25) is 0 Å². The van der Waals surface area contributed by atoms with E-state index in [2.05, 4.69) is 225 Å². The number of nitrogens with zero attached hydrogens (tertiary/aromatic N) is 4. The SMILES string of the molecule is c1cc(-n2c3ccccc3c3ccccc32)cc(-n2c3ccccc3c3cc(-n4c5ccccc5c5c(-n6c7ccccc7c7ccccc76)cccc54)ccc32)c1. The van der Waals surface area contributed by atoms with Crippen molar-refractivity contribution < 1.29 is 0 Å². The molecule has 0 spiro atoms. The molecule has 0 saturated carbocycles. The van der Waals surface area contributed by atoms with E-state index in [1.165, 1.54) is 92.9 Å². The van der Waals surface area contributed by atoms with Crippen molar-refractivity contribution in [3.8, 4) is 22.7 Å². The van der Waals surface area contributed by atoms with E-state index in [1.807, 2.05) is 0 Å². The fourth-order valence-electron chi connectivity index (χ4n) is 10.00. The van der Waals surface area contributed by atoms with Gasteiger partial charge in [-0.25, -0.2) is 0 Å². The molecule has 0 aliphatic carbocycles. The molecule has 13 rings (SSSR count). The molecule has 4 nitrogen and oxygen atoms in total. The van der Waals surface area contributed by atoms with E-state index in [0.717, 1.165) is 17.1 Å². The van der Waals surface area contributed by atoms with Gasteiger partial charge in [0.2, 0.25) is 0 Å². The number of rotatable bonds is 4. The van der Waals surface area contributed by atoms with Gasteiger partial charge in [-0.15, -0.1) is 0 Å². The maximum absolute atomic E-state index is 2.45. The van der Waals surface area contributed by atoms with E-state index >= 15 is 0 Å². The van der Waals surface area contributed by atoms with Gasteiger partial charge in [0.15, 0.2) is 0 Å². The van der Waals surface area contributed by atoms with Crippen LogP contribution < -0.4 is 0 Å². The first-order valence-electron chi connectivity index (χ1n) is 20.0. The highest BCUT2D eigenvalue weighted by atomic mass is 15.0. The summed E-state index contributed by atoms with van der Waals surface area (Å²) in [5.41, 5.74) is 14.2. The summed E-state index contributed by atoms with van der Waals surface area (Å²) >= 11 is 0. The molecule has 4 heterocycles. The van der Waals surface area contributed by atoms with Crippen molar-refractivity contribution in [3.63, 3.8) is 0 Å². The van der Waals surface area contributed by atoms with Gasteiger partial charge in [-0.1, -0.05) is 121 Å². The monoisotopic (exact) mass is 738 g/mol. The fraction of sp³-hybridized carbons (Fsp3) is 0. The van der Waals surface area contributed by atoms with Crippen LogP contribution in [0.1, 0.15) is 0 Å². The van der Waals surface area contributed by atoms with Gasteiger partial charge < -0.3 is 18.3 Å². The topological polar surface area (TPSA) is 19.7 Å². The predicted molar refractivity (Wildman–Crippen MR) is 244 cm³/mol. The fourth-order valence-corrected chi connectivity index (χ4v) is 10.00. The second-order valence-corrected chi connectivity index (χ2v) is 15.3. The first-order chi connectivity index (χ1) is 28.8. The highest BCUT2D eigenvalue weighted by Gasteiger charge is 2.21. The van der Waals surface area contributed by atoms with E-state index in [1.54, 1.807) is 0 Å². The van der Waals surface area contributed by atoms with Crippen LogP contribution in [0.3, 0.4) is 0 Å². The van der Waals surface area contributed by atoms with Crippen LogP contribution in [0.25, 0.3) is 110 Å². The lowest BCUT2D eigenvalue weighted by molar-refractivity contribution is 1.13. The van der Waals surface area contributed by atoms with Crippen LogP contribution in [-0.4, -0.2) is 18.3 Å². The summed E-state index contributed by atoms with van der Waals surface area (Å²) in [5.74, 6) is 0. The van der Waals surface area contributed by atoms with Gasteiger partial charge in [-0.05, 0) is 84.9 Å². The predicted octanol–water partition coefficient (Wildman–Crippen LogP) is 14.1. The quantitative estimate of drug-likeness (QED) is 0.171. The van der Waals surface area contributed by atoms with Crippen LogP contribution in [0.15, 0.2) is 206 Å². The Hall–Kier alpha value is -7.82. The van der Waals surface area contributed by atoms with Crippen molar-refractivity contribution in [3.05, 3.63) is 206 Å². The molecule has 0 aliphatic rings. The first kappa shape index (κ1) is 31.4. The average molecular weight is 739 g/mol.